The first-order valence-electron chi connectivity index (χ1n) is 2.90. The van der Waals surface area contributed by atoms with E-state index in [4.69, 9.17) is 0 Å². The van der Waals surface area contributed by atoms with E-state index in [1.165, 1.54) is 5.57 Å². The van der Waals surface area contributed by atoms with Crippen molar-refractivity contribution in [1.82, 2.24) is 5.32 Å². The normalized spacial score (nSPS) is 26.8. The highest BCUT2D eigenvalue weighted by Gasteiger charge is 2.00. The topological polar surface area (TPSA) is 12.0 Å². The maximum absolute atomic E-state index is 3.02. The van der Waals surface area contributed by atoms with Crippen molar-refractivity contribution in [2.24, 2.45) is 5.92 Å². The average Bonchev–Trinajstić information content (AvgIpc) is 1.77. The number of hydrogen-bond acceptors (Lipinski definition) is 1. The summed E-state index contributed by atoms with van der Waals surface area (Å²) in [6.07, 6.45) is 6.15. The van der Waals surface area contributed by atoms with E-state index in [9.17, 15) is 0 Å². The first-order chi connectivity index (χ1) is 3.80. The number of allylic oxidation sites excluding steroid dienone is 2. The van der Waals surface area contributed by atoms with Gasteiger partial charge in [-0.05, 0) is 25.2 Å². The third-order valence-electron chi connectivity index (χ3n) is 1.51. The van der Waals surface area contributed by atoms with Gasteiger partial charge in [0.2, 0.25) is 0 Å². The first-order valence-corrected chi connectivity index (χ1v) is 2.90. The lowest BCUT2D eigenvalue weighted by Crippen LogP contribution is -2.05. The molecule has 0 amide bonds. The summed E-state index contributed by atoms with van der Waals surface area (Å²) in [6.45, 7) is 4.31. The van der Waals surface area contributed by atoms with Gasteiger partial charge in [0.25, 0.3) is 0 Å². The molecule has 44 valence electrons. The molecule has 0 aliphatic carbocycles. The second-order valence-electron chi connectivity index (χ2n) is 2.20. The average molecular weight is 109 g/mol. The minimum absolute atomic E-state index is 0.622. The van der Waals surface area contributed by atoms with Gasteiger partial charge >= 0.3 is 0 Å². The summed E-state index contributed by atoms with van der Waals surface area (Å²) >= 11 is 0. The Kier molecular flexibility index (Phi) is 1.38. The molecule has 0 aromatic rings. The van der Waals surface area contributed by atoms with E-state index in [-0.39, 0.29) is 0 Å². The van der Waals surface area contributed by atoms with Gasteiger partial charge in [-0.3, -0.25) is 0 Å². The monoisotopic (exact) mass is 109 g/mol. The molecule has 1 atom stereocenters. The Balaban J connectivity index is 2.63. The highest BCUT2D eigenvalue weighted by Crippen LogP contribution is 2.11. The predicted molar refractivity (Wildman–Crippen MR) is 35.2 cm³/mol. The second-order valence-corrected chi connectivity index (χ2v) is 2.20. The molecular weight excluding hydrogens is 98.1 g/mol. The zero-order valence-electron chi connectivity index (χ0n) is 5.31. The number of dihydropyridines is 1. The smallest absolute Gasteiger partial charge is 0.0000658 e. The van der Waals surface area contributed by atoms with Crippen molar-refractivity contribution < 1.29 is 0 Å². The Morgan fingerprint density at radius 1 is 1.62 bits per heavy atom. The van der Waals surface area contributed by atoms with Gasteiger partial charge in [-0.1, -0.05) is 18.6 Å². The zero-order chi connectivity index (χ0) is 5.98. The lowest BCUT2D eigenvalue weighted by atomic mass is 10.0. The van der Waals surface area contributed by atoms with Crippen molar-refractivity contribution in [3.8, 4) is 0 Å². The molecule has 8 heavy (non-hydrogen) atoms. The molecule has 1 rings (SSSR count). The third-order valence-corrected chi connectivity index (χ3v) is 1.51. The first kappa shape index (κ1) is 5.42. The fourth-order valence-electron chi connectivity index (χ4n) is 0.663. The van der Waals surface area contributed by atoms with Crippen LogP contribution >= 0.6 is 0 Å². The minimum atomic E-state index is 0.622. The van der Waals surface area contributed by atoms with E-state index < -0.39 is 0 Å². The molecule has 0 saturated heterocycles. The van der Waals surface area contributed by atoms with E-state index in [1.807, 2.05) is 12.4 Å². The number of hydrogen-bond donors (Lipinski definition) is 1. The van der Waals surface area contributed by atoms with Crippen LogP contribution in [0.3, 0.4) is 0 Å². The van der Waals surface area contributed by atoms with E-state index >= 15 is 0 Å². The maximum Gasteiger partial charge on any atom is -0.0000658 e. The van der Waals surface area contributed by atoms with Gasteiger partial charge in [-0.15, -0.1) is 0 Å². The highest BCUT2D eigenvalue weighted by atomic mass is 14.8. The second kappa shape index (κ2) is 2.03. The fourth-order valence-corrected chi connectivity index (χ4v) is 0.663. The summed E-state index contributed by atoms with van der Waals surface area (Å²) in [5.74, 6) is 0.622. The standard InChI is InChI=1S/C7H11N/c1-6-3-4-8-5-7(6)2/h3-6,8H,1-2H3/t6-/m1/s1. The molecule has 1 aliphatic heterocycles. The van der Waals surface area contributed by atoms with Crippen LogP contribution in [0.25, 0.3) is 0 Å². The number of nitrogens with one attached hydrogen (secondary N) is 1. The van der Waals surface area contributed by atoms with Crippen LogP contribution in [0.2, 0.25) is 0 Å². The Hall–Kier alpha value is -0.720. The van der Waals surface area contributed by atoms with Gasteiger partial charge in [0, 0.05) is 0 Å². The summed E-state index contributed by atoms with van der Waals surface area (Å²) in [4.78, 5) is 0. The van der Waals surface area contributed by atoms with Gasteiger partial charge in [-0.25, -0.2) is 0 Å². The lowest BCUT2D eigenvalue weighted by Gasteiger charge is -2.10. The fraction of sp³-hybridized carbons (Fsp3) is 0.429. The summed E-state index contributed by atoms with van der Waals surface area (Å²) in [5.41, 5.74) is 1.40. The molecule has 0 fully saturated rings. The van der Waals surface area contributed by atoms with E-state index in [0.717, 1.165) is 0 Å². The number of rotatable bonds is 0. The van der Waals surface area contributed by atoms with Crippen LogP contribution in [0.4, 0.5) is 0 Å². The van der Waals surface area contributed by atoms with Crippen molar-refractivity contribution in [2.75, 3.05) is 0 Å². The quantitative estimate of drug-likeness (QED) is 0.498. The van der Waals surface area contributed by atoms with Gasteiger partial charge in [0.15, 0.2) is 0 Å². The van der Waals surface area contributed by atoms with Crippen molar-refractivity contribution in [2.45, 2.75) is 13.8 Å². The molecule has 0 spiro atoms. The Labute approximate surface area is 50.1 Å². The summed E-state index contributed by atoms with van der Waals surface area (Å²) < 4.78 is 0. The van der Waals surface area contributed by atoms with Crippen molar-refractivity contribution in [3.05, 3.63) is 24.0 Å². The highest BCUT2D eigenvalue weighted by molar-refractivity contribution is 5.13. The van der Waals surface area contributed by atoms with E-state index in [0.29, 0.717) is 5.92 Å². The molecule has 1 aliphatic rings. The van der Waals surface area contributed by atoms with Crippen LogP contribution in [-0.2, 0) is 0 Å². The summed E-state index contributed by atoms with van der Waals surface area (Å²) in [7, 11) is 0. The molecular formula is C7H11N. The van der Waals surface area contributed by atoms with Gasteiger partial charge < -0.3 is 5.32 Å². The van der Waals surface area contributed by atoms with Gasteiger partial charge in [0.1, 0.15) is 0 Å². The van der Waals surface area contributed by atoms with Crippen LogP contribution in [0.15, 0.2) is 24.0 Å². The SMILES string of the molecule is CC1=CNC=C[C@H]1C. The molecule has 1 heteroatoms. The molecule has 0 radical (unpaired) electrons. The molecule has 0 aromatic heterocycles. The van der Waals surface area contributed by atoms with Crippen LogP contribution in [0.5, 0.6) is 0 Å². The maximum atomic E-state index is 3.02. The van der Waals surface area contributed by atoms with Gasteiger partial charge in [0.05, 0.1) is 0 Å². The van der Waals surface area contributed by atoms with Crippen LogP contribution in [-0.4, -0.2) is 0 Å². The predicted octanol–water partition coefficient (Wildman–Crippen LogP) is 1.64. The summed E-state index contributed by atoms with van der Waals surface area (Å²) in [5, 5.41) is 3.02. The molecule has 0 aromatic carbocycles. The van der Waals surface area contributed by atoms with Crippen molar-refractivity contribution in [3.63, 3.8) is 0 Å². The molecule has 0 saturated carbocycles. The van der Waals surface area contributed by atoms with Crippen LogP contribution in [0.1, 0.15) is 13.8 Å². The Morgan fingerprint density at radius 2 is 2.38 bits per heavy atom. The zero-order valence-corrected chi connectivity index (χ0v) is 5.31. The van der Waals surface area contributed by atoms with Gasteiger partial charge in [-0.2, -0.15) is 0 Å². The van der Waals surface area contributed by atoms with E-state index in [2.05, 4.69) is 25.2 Å². The van der Waals surface area contributed by atoms with Crippen molar-refractivity contribution in [1.29, 1.82) is 0 Å². The van der Waals surface area contributed by atoms with Crippen molar-refractivity contribution >= 4 is 0 Å². The Bertz CT molecular complexity index is 133. The molecule has 0 unspecified atom stereocenters. The van der Waals surface area contributed by atoms with E-state index in [1.54, 1.807) is 0 Å². The molecule has 1 nitrogen and oxygen atoms in total. The summed E-state index contributed by atoms with van der Waals surface area (Å²) in [6, 6.07) is 0. The minimum Gasteiger partial charge on any atom is -0.368 e. The molecule has 1 heterocycles. The largest absolute Gasteiger partial charge is 0.368 e. The molecule has 1 N–H and O–H groups in total. The Morgan fingerprint density at radius 3 is 2.75 bits per heavy atom. The van der Waals surface area contributed by atoms with Crippen LogP contribution in [0, 0.1) is 5.92 Å². The lowest BCUT2D eigenvalue weighted by molar-refractivity contribution is 0.817. The van der Waals surface area contributed by atoms with Crippen LogP contribution < -0.4 is 5.32 Å². The third kappa shape index (κ3) is 0.915. The molecule has 0 bridgehead atoms.